The first-order chi connectivity index (χ1) is 12.9. The van der Waals surface area contributed by atoms with Gasteiger partial charge in [0.1, 0.15) is 5.82 Å². The predicted octanol–water partition coefficient (Wildman–Crippen LogP) is 2.88. The fraction of sp³-hybridized carbons (Fsp3) is 0.400. The van der Waals surface area contributed by atoms with Gasteiger partial charge in [-0.25, -0.2) is 0 Å². The lowest BCUT2D eigenvalue weighted by Gasteiger charge is -2.19. The van der Waals surface area contributed by atoms with Crippen molar-refractivity contribution in [2.24, 2.45) is 5.92 Å². The highest BCUT2D eigenvalue weighted by Gasteiger charge is 2.21. The van der Waals surface area contributed by atoms with E-state index in [0.29, 0.717) is 18.1 Å². The fourth-order valence-corrected chi connectivity index (χ4v) is 3.51. The van der Waals surface area contributed by atoms with Gasteiger partial charge in [-0.05, 0) is 18.4 Å². The number of allylic oxidation sites excluding steroid dienone is 1. The lowest BCUT2D eigenvalue weighted by atomic mass is 10.0. The summed E-state index contributed by atoms with van der Waals surface area (Å²) in [7, 11) is 0. The third-order valence-corrected chi connectivity index (χ3v) is 5.03. The zero-order chi connectivity index (χ0) is 19.8. The minimum absolute atomic E-state index is 0.0386. The van der Waals surface area contributed by atoms with E-state index in [9.17, 15) is 9.59 Å². The van der Waals surface area contributed by atoms with E-state index < -0.39 is 6.04 Å². The number of carbonyl (C=O) groups excluding carboxylic acids is 2. The summed E-state index contributed by atoms with van der Waals surface area (Å²) >= 11 is 1.31. The van der Waals surface area contributed by atoms with Gasteiger partial charge in [0.05, 0.1) is 11.8 Å². The number of aromatic nitrogens is 3. The van der Waals surface area contributed by atoms with Gasteiger partial charge in [-0.2, -0.15) is 0 Å². The van der Waals surface area contributed by atoms with E-state index in [1.54, 1.807) is 6.08 Å². The van der Waals surface area contributed by atoms with Crippen molar-refractivity contribution in [1.82, 2.24) is 20.1 Å². The first kappa shape index (κ1) is 20.9. The van der Waals surface area contributed by atoms with Crippen LogP contribution in [-0.4, -0.2) is 38.2 Å². The summed E-state index contributed by atoms with van der Waals surface area (Å²) in [5.41, 5.74) is 1.14. The molecule has 0 spiro atoms. The highest BCUT2D eigenvalue weighted by Crippen LogP contribution is 2.19. The molecule has 1 N–H and O–H groups in total. The van der Waals surface area contributed by atoms with Gasteiger partial charge in [-0.1, -0.05) is 62.0 Å². The number of hydrogen-bond donors (Lipinski definition) is 1. The lowest BCUT2D eigenvalue weighted by Crippen LogP contribution is -2.44. The van der Waals surface area contributed by atoms with Crippen molar-refractivity contribution in [3.8, 4) is 0 Å². The molecule has 7 heteroatoms. The highest BCUT2D eigenvalue weighted by atomic mass is 32.2. The van der Waals surface area contributed by atoms with Crippen LogP contribution in [0, 0.1) is 5.92 Å². The smallest absolute Gasteiger partial charge is 0.231 e. The average Bonchev–Trinajstić information content (AvgIpc) is 3.00. The molecular weight excluding hydrogens is 360 g/mol. The Kier molecular flexibility index (Phi) is 7.79. The average molecular weight is 387 g/mol. The molecule has 0 fully saturated rings. The maximum absolute atomic E-state index is 12.2. The summed E-state index contributed by atoms with van der Waals surface area (Å²) in [6.45, 7) is 9.69. The van der Waals surface area contributed by atoms with Gasteiger partial charge >= 0.3 is 0 Å². The van der Waals surface area contributed by atoms with Crippen LogP contribution < -0.4 is 5.32 Å². The monoisotopic (exact) mass is 386 g/mol. The van der Waals surface area contributed by atoms with Crippen LogP contribution in [0.15, 0.2) is 48.1 Å². The third kappa shape index (κ3) is 6.06. The molecule has 0 bridgehead atoms. The van der Waals surface area contributed by atoms with Crippen molar-refractivity contribution in [3.05, 3.63) is 54.4 Å². The normalized spacial score (nSPS) is 12.0. The van der Waals surface area contributed by atoms with Crippen molar-refractivity contribution < 1.29 is 9.59 Å². The Labute approximate surface area is 164 Å². The molecule has 0 radical (unpaired) electrons. The first-order valence-corrected chi connectivity index (χ1v) is 9.90. The van der Waals surface area contributed by atoms with Crippen LogP contribution in [0.4, 0.5) is 0 Å². The number of hydrogen-bond acceptors (Lipinski definition) is 5. The number of Topliss-reactive ketones (excluding diaryl/α,β-unsaturated/α-hetero) is 1. The van der Waals surface area contributed by atoms with Crippen molar-refractivity contribution in [1.29, 1.82) is 0 Å². The Balaban J connectivity index is 2.04. The number of carbonyl (C=O) groups is 2. The van der Waals surface area contributed by atoms with Gasteiger partial charge in [0.25, 0.3) is 0 Å². The zero-order valence-electron chi connectivity index (χ0n) is 16.0. The number of nitrogens with zero attached hydrogens (tertiary/aromatic N) is 3. The standard InChI is InChI=1S/C20H26N4O2S/c1-5-11-24-17(12-16-9-7-6-8-10-16)22-23-20(24)27-13-18(26)21-19(14(2)3)15(4)25/h5-10,14,19H,1,11-13H2,2-4H3,(H,21,26). The second kappa shape index (κ2) is 10.1. The molecule has 0 saturated carbocycles. The first-order valence-electron chi connectivity index (χ1n) is 8.91. The molecule has 144 valence electrons. The maximum Gasteiger partial charge on any atom is 0.231 e. The van der Waals surface area contributed by atoms with Crippen molar-refractivity contribution in [2.75, 3.05) is 5.75 Å². The van der Waals surface area contributed by atoms with Gasteiger partial charge in [-0.3, -0.25) is 9.59 Å². The van der Waals surface area contributed by atoms with E-state index in [1.165, 1.54) is 18.7 Å². The van der Waals surface area contributed by atoms with Gasteiger partial charge < -0.3 is 9.88 Å². The molecule has 0 aliphatic rings. The molecule has 27 heavy (non-hydrogen) atoms. The summed E-state index contributed by atoms with van der Waals surface area (Å²) < 4.78 is 1.96. The molecule has 6 nitrogen and oxygen atoms in total. The van der Waals surface area contributed by atoms with Crippen molar-refractivity contribution >= 4 is 23.5 Å². The van der Waals surface area contributed by atoms with Gasteiger partial charge in [0, 0.05) is 13.0 Å². The lowest BCUT2D eigenvalue weighted by molar-refractivity contribution is -0.126. The van der Waals surface area contributed by atoms with Crippen molar-refractivity contribution in [3.63, 3.8) is 0 Å². The van der Waals surface area contributed by atoms with E-state index in [-0.39, 0.29) is 23.4 Å². The number of thioether (sulfide) groups is 1. The molecule has 1 aromatic heterocycles. The largest absolute Gasteiger partial charge is 0.345 e. The van der Waals surface area contributed by atoms with Gasteiger partial charge in [-0.15, -0.1) is 16.8 Å². The molecule has 1 unspecified atom stereocenters. The topological polar surface area (TPSA) is 76.9 Å². The Morgan fingerprint density at radius 2 is 1.96 bits per heavy atom. The van der Waals surface area contributed by atoms with E-state index in [4.69, 9.17) is 0 Å². The van der Waals surface area contributed by atoms with Crippen LogP contribution in [0.2, 0.25) is 0 Å². The van der Waals surface area contributed by atoms with Crippen LogP contribution in [0.3, 0.4) is 0 Å². The summed E-state index contributed by atoms with van der Waals surface area (Å²) in [6, 6.07) is 9.58. The third-order valence-electron chi connectivity index (χ3n) is 4.06. The van der Waals surface area contributed by atoms with Crippen LogP contribution >= 0.6 is 11.8 Å². The van der Waals surface area contributed by atoms with Crippen LogP contribution in [-0.2, 0) is 22.6 Å². The second-order valence-electron chi connectivity index (χ2n) is 6.65. The Hall–Kier alpha value is -2.41. The maximum atomic E-state index is 12.2. The molecule has 0 aliphatic carbocycles. The number of amides is 1. The predicted molar refractivity (Wildman–Crippen MR) is 108 cm³/mol. The van der Waals surface area contributed by atoms with Crippen LogP contribution in [0.1, 0.15) is 32.2 Å². The molecule has 0 aliphatic heterocycles. The Morgan fingerprint density at radius 3 is 2.56 bits per heavy atom. The minimum atomic E-state index is -0.460. The SMILES string of the molecule is C=CCn1c(Cc2ccccc2)nnc1SCC(=O)NC(C(C)=O)C(C)C. The number of ketones is 1. The number of rotatable bonds is 10. The quantitative estimate of drug-likeness (QED) is 0.502. The van der Waals surface area contributed by atoms with Gasteiger partial charge in [0.2, 0.25) is 5.91 Å². The zero-order valence-corrected chi connectivity index (χ0v) is 16.8. The summed E-state index contributed by atoms with van der Waals surface area (Å²) in [5, 5.41) is 12.0. The van der Waals surface area contributed by atoms with Crippen LogP contribution in [0.25, 0.3) is 0 Å². The summed E-state index contributed by atoms with van der Waals surface area (Å²) in [6.07, 6.45) is 2.45. The van der Waals surface area contributed by atoms with Gasteiger partial charge in [0.15, 0.2) is 10.9 Å². The molecule has 1 aromatic carbocycles. The van der Waals surface area contributed by atoms with E-state index in [1.807, 2.05) is 48.7 Å². The van der Waals surface area contributed by atoms with E-state index >= 15 is 0 Å². The number of benzene rings is 1. The van der Waals surface area contributed by atoms with E-state index in [2.05, 4.69) is 22.1 Å². The number of nitrogens with one attached hydrogen (secondary N) is 1. The Morgan fingerprint density at radius 1 is 1.26 bits per heavy atom. The Bertz CT molecular complexity index is 787. The highest BCUT2D eigenvalue weighted by molar-refractivity contribution is 7.99. The molecule has 0 saturated heterocycles. The van der Waals surface area contributed by atoms with Crippen LogP contribution in [0.5, 0.6) is 0 Å². The molecule has 1 amide bonds. The molecular formula is C20H26N4O2S. The molecule has 1 heterocycles. The molecule has 2 rings (SSSR count). The second-order valence-corrected chi connectivity index (χ2v) is 7.59. The summed E-state index contributed by atoms with van der Waals surface area (Å²) in [5.74, 6) is 0.832. The minimum Gasteiger partial charge on any atom is -0.345 e. The molecule has 1 atom stereocenters. The van der Waals surface area contributed by atoms with Crippen molar-refractivity contribution in [2.45, 2.75) is 44.9 Å². The summed E-state index contributed by atoms with van der Waals surface area (Å²) in [4.78, 5) is 23.9. The van der Waals surface area contributed by atoms with E-state index in [0.717, 1.165) is 11.4 Å². The fourth-order valence-electron chi connectivity index (χ4n) is 2.73. The molecule has 2 aromatic rings.